The molecular weight excluding hydrogens is 353 g/mol. The molecule has 0 aliphatic carbocycles. The fourth-order valence-corrected chi connectivity index (χ4v) is 3.25. The standard InChI is InChI=1S/C18H16ClF3N2O/c19-14-5-6-16(15(9-14)18(20,21)22)23-17(25)11-24-8-7-12-3-1-2-4-13(12)10-24/h1-6,9H,7-8,10-11H2,(H,23,25)/p+1. The molecule has 0 saturated heterocycles. The average Bonchev–Trinajstić information content (AvgIpc) is 2.55. The van der Waals surface area contributed by atoms with Crippen LogP contribution in [0.4, 0.5) is 18.9 Å². The normalized spacial score (nSPS) is 17.0. The van der Waals surface area contributed by atoms with Crippen LogP contribution >= 0.6 is 11.6 Å². The summed E-state index contributed by atoms with van der Waals surface area (Å²) in [7, 11) is 0. The molecule has 0 radical (unpaired) electrons. The molecule has 0 spiro atoms. The van der Waals surface area contributed by atoms with Gasteiger partial charge in [0.05, 0.1) is 17.8 Å². The maximum atomic E-state index is 13.1. The minimum absolute atomic E-state index is 0.0245. The molecule has 2 N–H and O–H groups in total. The first-order valence-corrected chi connectivity index (χ1v) is 8.27. The maximum Gasteiger partial charge on any atom is 0.418 e. The van der Waals surface area contributed by atoms with Gasteiger partial charge in [-0.25, -0.2) is 0 Å². The number of carbonyl (C=O) groups is 1. The summed E-state index contributed by atoms with van der Waals surface area (Å²) in [6, 6.07) is 11.4. The number of anilines is 1. The minimum Gasteiger partial charge on any atom is -0.323 e. The van der Waals surface area contributed by atoms with Gasteiger partial charge in [0, 0.05) is 17.0 Å². The molecular formula is C18H17ClF3N2O+. The van der Waals surface area contributed by atoms with E-state index in [2.05, 4.69) is 11.4 Å². The predicted octanol–water partition coefficient (Wildman–Crippen LogP) is 2.94. The Balaban J connectivity index is 1.68. The monoisotopic (exact) mass is 369 g/mol. The highest BCUT2D eigenvalue weighted by Gasteiger charge is 2.34. The maximum absolute atomic E-state index is 13.1. The fraction of sp³-hybridized carbons (Fsp3) is 0.278. The second kappa shape index (κ2) is 7.06. The Hall–Kier alpha value is -2.05. The Morgan fingerprint density at radius 3 is 2.60 bits per heavy atom. The van der Waals surface area contributed by atoms with Crippen LogP contribution in [0.15, 0.2) is 42.5 Å². The highest BCUT2D eigenvalue weighted by molar-refractivity contribution is 6.30. The summed E-state index contributed by atoms with van der Waals surface area (Å²) in [6.45, 7) is 1.59. The molecule has 1 unspecified atom stereocenters. The largest absolute Gasteiger partial charge is 0.418 e. The van der Waals surface area contributed by atoms with Crippen LogP contribution in [0, 0.1) is 0 Å². The van der Waals surface area contributed by atoms with E-state index >= 15 is 0 Å². The van der Waals surface area contributed by atoms with E-state index in [-0.39, 0.29) is 17.3 Å². The van der Waals surface area contributed by atoms with Crippen LogP contribution in [0.25, 0.3) is 0 Å². The number of rotatable bonds is 3. The molecule has 0 saturated carbocycles. The van der Waals surface area contributed by atoms with Gasteiger partial charge >= 0.3 is 6.18 Å². The number of carbonyl (C=O) groups excluding carboxylic acids is 1. The van der Waals surface area contributed by atoms with Crippen molar-refractivity contribution in [2.75, 3.05) is 18.4 Å². The first-order valence-electron chi connectivity index (χ1n) is 7.90. The number of quaternary nitrogens is 1. The topological polar surface area (TPSA) is 33.5 Å². The molecule has 3 rings (SSSR count). The van der Waals surface area contributed by atoms with E-state index in [1.807, 2.05) is 18.2 Å². The zero-order chi connectivity index (χ0) is 18.0. The van der Waals surface area contributed by atoms with Crippen LogP contribution in [0.3, 0.4) is 0 Å². The summed E-state index contributed by atoms with van der Waals surface area (Å²) >= 11 is 5.65. The second-order valence-corrected chi connectivity index (χ2v) is 6.54. The first-order chi connectivity index (χ1) is 11.8. The van der Waals surface area contributed by atoms with Gasteiger partial charge in [-0.2, -0.15) is 13.2 Å². The summed E-state index contributed by atoms with van der Waals surface area (Å²) in [4.78, 5) is 13.3. The fourth-order valence-electron chi connectivity index (χ4n) is 3.08. The van der Waals surface area contributed by atoms with Crippen LogP contribution in [0.2, 0.25) is 5.02 Å². The van der Waals surface area contributed by atoms with Crippen molar-refractivity contribution in [1.29, 1.82) is 0 Å². The van der Waals surface area contributed by atoms with Crippen molar-refractivity contribution in [1.82, 2.24) is 0 Å². The molecule has 1 aliphatic heterocycles. The third kappa shape index (κ3) is 4.32. The summed E-state index contributed by atoms with van der Waals surface area (Å²) in [5.74, 6) is -0.442. The first kappa shape index (κ1) is 17.8. The van der Waals surface area contributed by atoms with E-state index in [0.29, 0.717) is 6.54 Å². The molecule has 2 aromatic rings. The van der Waals surface area contributed by atoms with Gasteiger partial charge in [-0.15, -0.1) is 0 Å². The van der Waals surface area contributed by atoms with Gasteiger partial charge in [-0.1, -0.05) is 35.9 Å². The van der Waals surface area contributed by atoms with Crippen molar-refractivity contribution in [3.8, 4) is 0 Å². The third-order valence-electron chi connectivity index (χ3n) is 4.28. The third-order valence-corrected chi connectivity index (χ3v) is 4.51. The van der Waals surface area contributed by atoms with Crippen LogP contribution in [-0.2, 0) is 23.9 Å². The van der Waals surface area contributed by atoms with Crippen molar-refractivity contribution >= 4 is 23.2 Å². The van der Waals surface area contributed by atoms with Gasteiger partial charge in [0.25, 0.3) is 5.91 Å². The molecule has 3 nitrogen and oxygen atoms in total. The van der Waals surface area contributed by atoms with Crippen molar-refractivity contribution in [3.05, 3.63) is 64.2 Å². The quantitative estimate of drug-likeness (QED) is 0.857. The van der Waals surface area contributed by atoms with Gasteiger partial charge in [0.2, 0.25) is 0 Å². The summed E-state index contributed by atoms with van der Waals surface area (Å²) in [5, 5.41) is 2.35. The molecule has 132 valence electrons. The molecule has 1 aliphatic rings. The summed E-state index contributed by atoms with van der Waals surface area (Å²) in [6.07, 6.45) is -3.72. The second-order valence-electron chi connectivity index (χ2n) is 6.11. The van der Waals surface area contributed by atoms with Crippen molar-refractivity contribution < 1.29 is 22.9 Å². The molecule has 0 bridgehead atoms. The Bertz CT molecular complexity index is 792. The van der Waals surface area contributed by atoms with Crippen LogP contribution in [0.1, 0.15) is 16.7 Å². The van der Waals surface area contributed by atoms with Gasteiger partial charge in [0.1, 0.15) is 6.54 Å². The van der Waals surface area contributed by atoms with E-state index in [4.69, 9.17) is 11.6 Å². The lowest BCUT2D eigenvalue weighted by molar-refractivity contribution is -0.907. The van der Waals surface area contributed by atoms with Crippen LogP contribution in [-0.4, -0.2) is 19.0 Å². The van der Waals surface area contributed by atoms with E-state index in [1.54, 1.807) is 0 Å². The van der Waals surface area contributed by atoms with Gasteiger partial charge in [-0.3, -0.25) is 4.79 Å². The summed E-state index contributed by atoms with van der Waals surface area (Å²) in [5.41, 5.74) is 1.24. The van der Waals surface area contributed by atoms with E-state index in [9.17, 15) is 18.0 Å². The smallest absolute Gasteiger partial charge is 0.323 e. The van der Waals surface area contributed by atoms with E-state index in [0.717, 1.165) is 23.9 Å². The van der Waals surface area contributed by atoms with Crippen molar-refractivity contribution in [3.63, 3.8) is 0 Å². The van der Waals surface area contributed by atoms with Gasteiger partial charge in [-0.05, 0) is 23.8 Å². The number of hydrogen-bond acceptors (Lipinski definition) is 1. The zero-order valence-corrected chi connectivity index (χ0v) is 14.0. The molecule has 1 amide bonds. The molecule has 2 aromatic carbocycles. The Morgan fingerprint density at radius 1 is 1.16 bits per heavy atom. The lowest BCUT2D eigenvalue weighted by atomic mass is 10.00. The lowest BCUT2D eigenvalue weighted by Gasteiger charge is -2.25. The van der Waals surface area contributed by atoms with Crippen molar-refractivity contribution in [2.45, 2.75) is 19.1 Å². The highest BCUT2D eigenvalue weighted by Crippen LogP contribution is 2.36. The zero-order valence-electron chi connectivity index (χ0n) is 13.3. The number of benzene rings is 2. The molecule has 25 heavy (non-hydrogen) atoms. The molecule has 1 heterocycles. The Morgan fingerprint density at radius 2 is 1.88 bits per heavy atom. The van der Waals surface area contributed by atoms with Gasteiger partial charge < -0.3 is 10.2 Å². The number of amides is 1. The van der Waals surface area contributed by atoms with Crippen LogP contribution < -0.4 is 10.2 Å². The van der Waals surface area contributed by atoms with E-state index in [1.165, 1.54) is 23.3 Å². The predicted molar refractivity (Wildman–Crippen MR) is 89.6 cm³/mol. The van der Waals surface area contributed by atoms with E-state index < -0.39 is 17.6 Å². The Labute approximate surface area is 148 Å². The Kier molecular flexibility index (Phi) is 5.01. The lowest BCUT2D eigenvalue weighted by Crippen LogP contribution is -3.12. The number of hydrogen-bond donors (Lipinski definition) is 2. The van der Waals surface area contributed by atoms with Gasteiger partial charge in [0.15, 0.2) is 6.54 Å². The minimum atomic E-state index is -4.58. The number of alkyl halides is 3. The highest BCUT2D eigenvalue weighted by atomic mass is 35.5. The average molecular weight is 370 g/mol. The summed E-state index contributed by atoms with van der Waals surface area (Å²) < 4.78 is 39.3. The van der Waals surface area contributed by atoms with Crippen molar-refractivity contribution in [2.24, 2.45) is 0 Å². The number of nitrogens with one attached hydrogen (secondary N) is 2. The molecule has 0 aromatic heterocycles. The van der Waals surface area contributed by atoms with Crippen LogP contribution in [0.5, 0.6) is 0 Å². The SMILES string of the molecule is O=C(C[NH+]1CCc2ccccc2C1)Nc1ccc(Cl)cc1C(F)(F)F. The molecule has 0 fully saturated rings. The number of fused-ring (bicyclic) bond motifs is 1. The number of halogens is 4. The molecule has 1 atom stereocenters. The molecule has 7 heteroatoms.